The van der Waals surface area contributed by atoms with Crippen LogP contribution >= 0.6 is 0 Å². The van der Waals surface area contributed by atoms with Crippen LogP contribution in [0.2, 0.25) is 0 Å². The van der Waals surface area contributed by atoms with Crippen molar-refractivity contribution >= 4 is 11.9 Å². The number of rotatable bonds is 3. The third kappa shape index (κ3) is 2.99. The van der Waals surface area contributed by atoms with Gasteiger partial charge in [0, 0.05) is 18.5 Å². The molecule has 114 valence electrons. The number of likely N-dealkylation sites (tertiary alicyclic amines) is 1. The Labute approximate surface area is 121 Å². The average molecular weight is 281 g/mol. The molecule has 1 heterocycles. The van der Waals surface area contributed by atoms with Crippen LogP contribution in [0.15, 0.2) is 0 Å². The molecule has 2 rings (SSSR count). The van der Waals surface area contributed by atoms with Crippen molar-refractivity contribution in [3.8, 4) is 0 Å². The number of hydrogen-bond acceptors (Lipinski definition) is 2. The molecular weight excluding hydrogens is 254 g/mol. The standard InChI is InChI=1S/C16H27NO3/c1-12-7-6-8-13(2)17(12)14(18)11-16(15(19)20)9-4-3-5-10-16/h12-13H,3-11H2,1-2H3,(H,19,20)/t12-,13+. The number of carboxylic acid groups (broad SMARTS) is 1. The summed E-state index contributed by atoms with van der Waals surface area (Å²) in [6, 6.07) is 0.501. The summed E-state index contributed by atoms with van der Waals surface area (Å²) in [6.45, 7) is 4.17. The molecule has 4 nitrogen and oxygen atoms in total. The van der Waals surface area contributed by atoms with Gasteiger partial charge in [-0.25, -0.2) is 0 Å². The number of nitrogens with zero attached hydrogens (tertiary/aromatic N) is 1. The fourth-order valence-electron chi connectivity index (χ4n) is 3.99. The minimum atomic E-state index is -0.799. The molecule has 0 unspecified atom stereocenters. The summed E-state index contributed by atoms with van der Waals surface area (Å²) in [6.07, 6.45) is 7.71. The number of aliphatic carboxylic acids is 1. The molecule has 1 amide bonds. The zero-order valence-corrected chi connectivity index (χ0v) is 12.7. The second kappa shape index (κ2) is 6.15. The number of carboxylic acids is 1. The summed E-state index contributed by atoms with van der Waals surface area (Å²) in [4.78, 5) is 26.3. The van der Waals surface area contributed by atoms with Crippen LogP contribution in [0.5, 0.6) is 0 Å². The van der Waals surface area contributed by atoms with E-state index in [2.05, 4.69) is 13.8 Å². The molecule has 0 aromatic heterocycles. The monoisotopic (exact) mass is 281 g/mol. The summed E-state index contributed by atoms with van der Waals surface area (Å²) in [5.41, 5.74) is -0.799. The van der Waals surface area contributed by atoms with E-state index >= 15 is 0 Å². The van der Waals surface area contributed by atoms with Crippen molar-refractivity contribution in [2.24, 2.45) is 5.41 Å². The van der Waals surface area contributed by atoms with Gasteiger partial charge in [0.05, 0.1) is 5.41 Å². The zero-order valence-electron chi connectivity index (χ0n) is 12.7. The summed E-state index contributed by atoms with van der Waals surface area (Å²) >= 11 is 0. The molecule has 1 saturated heterocycles. The maximum Gasteiger partial charge on any atom is 0.310 e. The molecule has 1 aliphatic carbocycles. The van der Waals surface area contributed by atoms with Gasteiger partial charge in [-0.2, -0.15) is 0 Å². The van der Waals surface area contributed by atoms with E-state index < -0.39 is 11.4 Å². The van der Waals surface area contributed by atoms with Crippen molar-refractivity contribution in [2.75, 3.05) is 0 Å². The van der Waals surface area contributed by atoms with Crippen molar-refractivity contribution < 1.29 is 14.7 Å². The zero-order chi connectivity index (χ0) is 14.8. The highest BCUT2D eigenvalue weighted by Gasteiger charge is 2.43. The highest BCUT2D eigenvalue weighted by Crippen LogP contribution is 2.40. The molecule has 0 aromatic carbocycles. The van der Waals surface area contributed by atoms with Gasteiger partial charge in [0.25, 0.3) is 0 Å². The second-order valence-electron chi connectivity index (χ2n) is 6.75. The van der Waals surface area contributed by atoms with Gasteiger partial charge in [-0.15, -0.1) is 0 Å². The predicted octanol–water partition coefficient (Wildman–Crippen LogP) is 3.20. The number of carbonyl (C=O) groups is 2. The van der Waals surface area contributed by atoms with Crippen LogP contribution in [0.4, 0.5) is 0 Å². The number of piperidine rings is 1. The molecule has 2 fully saturated rings. The van der Waals surface area contributed by atoms with Crippen LogP contribution in [0.1, 0.15) is 71.6 Å². The average Bonchev–Trinajstić information content (AvgIpc) is 2.39. The quantitative estimate of drug-likeness (QED) is 0.864. The van der Waals surface area contributed by atoms with Gasteiger partial charge in [-0.1, -0.05) is 19.3 Å². The van der Waals surface area contributed by atoms with E-state index in [9.17, 15) is 14.7 Å². The van der Waals surface area contributed by atoms with E-state index in [0.29, 0.717) is 12.8 Å². The number of carbonyl (C=O) groups excluding carboxylic acids is 1. The molecule has 0 aromatic rings. The molecule has 0 spiro atoms. The molecule has 1 saturated carbocycles. The van der Waals surface area contributed by atoms with Crippen LogP contribution in [-0.2, 0) is 9.59 Å². The van der Waals surface area contributed by atoms with Crippen LogP contribution in [0.3, 0.4) is 0 Å². The highest BCUT2D eigenvalue weighted by atomic mass is 16.4. The van der Waals surface area contributed by atoms with Gasteiger partial charge < -0.3 is 10.0 Å². The fourth-order valence-corrected chi connectivity index (χ4v) is 3.99. The molecule has 0 bridgehead atoms. The Morgan fingerprint density at radius 3 is 2.10 bits per heavy atom. The van der Waals surface area contributed by atoms with Crippen molar-refractivity contribution in [1.29, 1.82) is 0 Å². The van der Waals surface area contributed by atoms with E-state index in [-0.39, 0.29) is 24.4 Å². The molecule has 2 atom stereocenters. The van der Waals surface area contributed by atoms with Crippen molar-refractivity contribution in [3.63, 3.8) is 0 Å². The Hall–Kier alpha value is -1.06. The van der Waals surface area contributed by atoms with E-state index in [0.717, 1.165) is 38.5 Å². The van der Waals surface area contributed by atoms with Crippen molar-refractivity contribution in [3.05, 3.63) is 0 Å². The molecule has 4 heteroatoms. The first-order chi connectivity index (χ1) is 9.46. The Balaban J connectivity index is 2.09. The van der Waals surface area contributed by atoms with E-state index in [1.165, 1.54) is 0 Å². The minimum absolute atomic E-state index is 0.0500. The Morgan fingerprint density at radius 2 is 1.60 bits per heavy atom. The number of amides is 1. The lowest BCUT2D eigenvalue weighted by molar-refractivity contribution is -0.157. The first-order valence-electron chi connectivity index (χ1n) is 8.01. The van der Waals surface area contributed by atoms with E-state index in [1.54, 1.807) is 0 Å². The molecule has 2 aliphatic rings. The SMILES string of the molecule is C[C@@H]1CCC[C@H](C)N1C(=O)CC1(C(=O)O)CCCCC1. The normalized spacial score (nSPS) is 30.0. The van der Waals surface area contributed by atoms with Crippen molar-refractivity contribution in [1.82, 2.24) is 4.90 Å². The van der Waals surface area contributed by atoms with E-state index in [1.807, 2.05) is 4.90 Å². The van der Waals surface area contributed by atoms with Crippen LogP contribution in [0, 0.1) is 5.41 Å². The van der Waals surface area contributed by atoms with Gasteiger partial charge in [-0.05, 0) is 46.0 Å². The topological polar surface area (TPSA) is 57.6 Å². The van der Waals surface area contributed by atoms with Crippen LogP contribution < -0.4 is 0 Å². The number of hydrogen-bond donors (Lipinski definition) is 1. The molecule has 1 N–H and O–H groups in total. The Bertz CT molecular complexity index is 364. The lowest BCUT2D eigenvalue weighted by Crippen LogP contribution is -2.50. The van der Waals surface area contributed by atoms with Crippen LogP contribution in [-0.4, -0.2) is 34.0 Å². The fraction of sp³-hybridized carbons (Fsp3) is 0.875. The smallest absolute Gasteiger partial charge is 0.310 e. The summed E-state index contributed by atoms with van der Waals surface area (Å²) in [5, 5.41) is 9.60. The maximum absolute atomic E-state index is 12.7. The summed E-state index contributed by atoms with van der Waals surface area (Å²) in [7, 11) is 0. The first-order valence-corrected chi connectivity index (χ1v) is 8.01. The van der Waals surface area contributed by atoms with Gasteiger partial charge in [0.15, 0.2) is 0 Å². The van der Waals surface area contributed by atoms with Gasteiger partial charge in [0.2, 0.25) is 5.91 Å². The molecule has 1 aliphatic heterocycles. The van der Waals surface area contributed by atoms with Gasteiger partial charge in [-0.3, -0.25) is 9.59 Å². The lowest BCUT2D eigenvalue weighted by Gasteiger charge is -2.41. The summed E-state index contributed by atoms with van der Waals surface area (Å²) in [5.74, 6) is -0.725. The second-order valence-corrected chi connectivity index (χ2v) is 6.75. The summed E-state index contributed by atoms with van der Waals surface area (Å²) < 4.78 is 0. The first kappa shape index (κ1) is 15.3. The van der Waals surface area contributed by atoms with Gasteiger partial charge >= 0.3 is 5.97 Å². The predicted molar refractivity (Wildman–Crippen MR) is 77.4 cm³/mol. The van der Waals surface area contributed by atoms with Crippen LogP contribution in [0.25, 0.3) is 0 Å². The highest BCUT2D eigenvalue weighted by molar-refractivity contribution is 5.85. The minimum Gasteiger partial charge on any atom is -0.481 e. The largest absolute Gasteiger partial charge is 0.481 e. The molecular formula is C16H27NO3. The molecule has 0 radical (unpaired) electrons. The Morgan fingerprint density at radius 1 is 1.05 bits per heavy atom. The third-order valence-corrected chi connectivity index (χ3v) is 5.24. The Kier molecular flexibility index (Phi) is 4.71. The maximum atomic E-state index is 12.7. The third-order valence-electron chi connectivity index (χ3n) is 5.24. The van der Waals surface area contributed by atoms with Crippen molar-refractivity contribution in [2.45, 2.75) is 83.7 Å². The van der Waals surface area contributed by atoms with Gasteiger partial charge in [0.1, 0.15) is 0 Å². The molecule has 20 heavy (non-hydrogen) atoms. The lowest BCUT2D eigenvalue weighted by atomic mass is 9.71. The van der Waals surface area contributed by atoms with E-state index in [4.69, 9.17) is 0 Å².